The summed E-state index contributed by atoms with van der Waals surface area (Å²) >= 11 is 6.60. The molecule has 1 heterocycles. The first kappa shape index (κ1) is 33.0. The Kier molecular flexibility index (Phi) is 10.3. The number of hydrogen-bond donors (Lipinski definition) is 1. The first-order valence-corrected chi connectivity index (χ1v) is 17.6. The minimum absolute atomic E-state index is 0.0563. The lowest BCUT2D eigenvalue weighted by Crippen LogP contribution is -2.27. The third-order valence-corrected chi connectivity index (χ3v) is 9.76. The van der Waals surface area contributed by atoms with Crippen LogP contribution in [0.15, 0.2) is 133 Å². The van der Waals surface area contributed by atoms with Gasteiger partial charge in [0.1, 0.15) is 5.75 Å². The van der Waals surface area contributed by atoms with Crippen molar-refractivity contribution in [3.8, 4) is 5.75 Å². The van der Waals surface area contributed by atoms with Crippen LogP contribution in [-0.2, 0) is 33.5 Å². The molecule has 0 saturated carbocycles. The molecule has 0 radical (unpaired) electrons. The fourth-order valence-corrected chi connectivity index (χ4v) is 7.29. The third-order valence-electron chi connectivity index (χ3n) is 8.23. The number of esters is 1. The van der Waals surface area contributed by atoms with Crippen LogP contribution in [-0.4, -0.2) is 32.7 Å². The van der Waals surface area contributed by atoms with Gasteiger partial charge in [-0.05, 0) is 64.7 Å². The Balaban J connectivity index is 1.43. The van der Waals surface area contributed by atoms with Crippen LogP contribution in [0.2, 0.25) is 5.02 Å². The van der Waals surface area contributed by atoms with Gasteiger partial charge in [0.2, 0.25) is 10.0 Å². The van der Waals surface area contributed by atoms with Crippen molar-refractivity contribution in [3.05, 3.63) is 172 Å². The van der Waals surface area contributed by atoms with Gasteiger partial charge in [-0.3, -0.25) is 0 Å². The van der Waals surface area contributed by atoms with Gasteiger partial charge in [-0.25, -0.2) is 17.9 Å². The Bertz CT molecular complexity index is 2060. The number of hydrogen-bond acceptors (Lipinski definition) is 5. The van der Waals surface area contributed by atoms with Gasteiger partial charge in [0.25, 0.3) is 0 Å². The van der Waals surface area contributed by atoms with Crippen LogP contribution in [0.3, 0.4) is 0 Å². The topological polar surface area (TPSA) is 86.6 Å². The van der Waals surface area contributed by atoms with Crippen molar-refractivity contribution in [1.82, 2.24) is 9.29 Å². The molecule has 0 amide bonds. The van der Waals surface area contributed by atoms with E-state index in [-0.39, 0.29) is 18.3 Å². The second-order valence-electron chi connectivity index (χ2n) is 11.4. The second kappa shape index (κ2) is 14.9. The zero-order chi connectivity index (χ0) is 33.5. The van der Waals surface area contributed by atoms with Crippen molar-refractivity contribution in [2.24, 2.45) is 0 Å². The van der Waals surface area contributed by atoms with E-state index in [1.54, 1.807) is 36.4 Å². The highest BCUT2D eigenvalue weighted by molar-refractivity contribution is 7.88. The number of nitrogens with zero attached hydrogens (tertiary/aromatic N) is 1. The summed E-state index contributed by atoms with van der Waals surface area (Å²) in [6.07, 6.45) is 0.467. The maximum absolute atomic E-state index is 13.5. The average molecular weight is 679 g/mol. The predicted molar refractivity (Wildman–Crippen MR) is 190 cm³/mol. The zero-order valence-electron chi connectivity index (χ0n) is 26.4. The molecule has 1 aromatic heterocycles. The van der Waals surface area contributed by atoms with Crippen LogP contribution in [0.1, 0.15) is 44.3 Å². The predicted octanol–water partition coefficient (Wildman–Crippen LogP) is 7.96. The lowest BCUT2D eigenvalue weighted by atomic mass is 9.98. The van der Waals surface area contributed by atoms with Gasteiger partial charge < -0.3 is 14.0 Å². The molecule has 0 spiro atoms. The number of sulfonamides is 1. The van der Waals surface area contributed by atoms with E-state index in [0.717, 1.165) is 33.3 Å². The molecule has 5 aromatic carbocycles. The quantitative estimate of drug-likeness (QED) is 0.125. The summed E-state index contributed by atoms with van der Waals surface area (Å²) in [5.41, 5.74) is 5.90. The lowest BCUT2D eigenvalue weighted by molar-refractivity contribution is 0.0600. The highest BCUT2D eigenvalue weighted by atomic mass is 35.5. The minimum atomic E-state index is -3.70. The molecular formula is C39H35ClN2O5S. The van der Waals surface area contributed by atoms with Crippen LogP contribution >= 0.6 is 11.6 Å². The number of benzene rings is 5. The molecule has 0 aliphatic carbocycles. The summed E-state index contributed by atoms with van der Waals surface area (Å²) in [5, 5.41) is 1.49. The van der Waals surface area contributed by atoms with Gasteiger partial charge in [0, 0.05) is 28.0 Å². The molecule has 48 heavy (non-hydrogen) atoms. The zero-order valence-corrected chi connectivity index (χ0v) is 28.0. The first-order chi connectivity index (χ1) is 23.3. The van der Waals surface area contributed by atoms with Gasteiger partial charge in [-0.15, -0.1) is 0 Å². The summed E-state index contributed by atoms with van der Waals surface area (Å²) in [6, 6.07) is 41.8. The van der Waals surface area contributed by atoms with E-state index in [4.69, 9.17) is 21.1 Å². The number of ether oxygens (including phenoxy) is 2. The van der Waals surface area contributed by atoms with Gasteiger partial charge in [-0.2, -0.15) is 0 Å². The minimum Gasteiger partial charge on any atom is -0.493 e. The van der Waals surface area contributed by atoms with Gasteiger partial charge in [-0.1, -0.05) is 103 Å². The number of rotatable bonds is 13. The van der Waals surface area contributed by atoms with Crippen molar-refractivity contribution in [1.29, 1.82) is 0 Å². The van der Waals surface area contributed by atoms with Crippen molar-refractivity contribution in [2.45, 2.75) is 24.8 Å². The van der Waals surface area contributed by atoms with Crippen molar-refractivity contribution < 1.29 is 22.7 Å². The van der Waals surface area contributed by atoms with E-state index in [9.17, 15) is 13.2 Å². The van der Waals surface area contributed by atoms with Crippen LogP contribution in [0.4, 0.5) is 0 Å². The number of carbonyl (C=O) groups excluding carboxylic acids is 1. The largest absolute Gasteiger partial charge is 0.493 e. The molecule has 6 aromatic rings. The molecular weight excluding hydrogens is 644 g/mol. The van der Waals surface area contributed by atoms with E-state index in [1.807, 2.05) is 72.8 Å². The molecule has 0 bridgehead atoms. The van der Waals surface area contributed by atoms with Crippen LogP contribution < -0.4 is 9.46 Å². The van der Waals surface area contributed by atoms with E-state index in [0.29, 0.717) is 34.9 Å². The molecule has 1 N–H and O–H groups in total. The summed E-state index contributed by atoms with van der Waals surface area (Å²) in [5.74, 6) is 0.0405. The summed E-state index contributed by atoms with van der Waals surface area (Å²) in [6.45, 7) is 0.356. The van der Waals surface area contributed by atoms with E-state index in [1.165, 1.54) is 7.11 Å². The van der Waals surface area contributed by atoms with Crippen molar-refractivity contribution in [3.63, 3.8) is 0 Å². The molecule has 0 fully saturated rings. The fourth-order valence-electron chi connectivity index (χ4n) is 6.03. The average Bonchev–Trinajstić information content (AvgIpc) is 3.40. The molecule has 0 aliphatic rings. The van der Waals surface area contributed by atoms with Gasteiger partial charge >= 0.3 is 5.97 Å². The normalized spacial score (nSPS) is 11.6. The maximum atomic E-state index is 13.5. The van der Waals surface area contributed by atoms with E-state index >= 15 is 0 Å². The van der Waals surface area contributed by atoms with Crippen LogP contribution in [0.5, 0.6) is 5.75 Å². The molecule has 244 valence electrons. The smallest absolute Gasteiger partial charge is 0.337 e. The fraction of sp³-hybridized carbons (Fsp3) is 0.154. The number of carbonyl (C=O) groups is 1. The molecule has 6 rings (SSSR count). The number of methoxy groups -OCH3 is 1. The second-order valence-corrected chi connectivity index (χ2v) is 13.6. The molecule has 9 heteroatoms. The molecule has 7 nitrogen and oxygen atoms in total. The standard InChI is InChI=1S/C39H35ClN2O5S/c1-46-39(43)31-17-20-33(21-18-31)47-24-23-34-35-25-32(40)19-22-36(35)42(37(34)26-41-48(44,45)27-28-11-5-2-6-12-28)38(29-13-7-3-8-14-29)30-15-9-4-10-16-30/h2-22,25,38,41H,23-24,26-27H2,1H3. The maximum Gasteiger partial charge on any atom is 0.337 e. The van der Waals surface area contributed by atoms with Crippen LogP contribution in [0.25, 0.3) is 10.9 Å². The van der Waals surface area contributed by atoms with Gasteiger partial charge in [0.15, 0.2) is 0 Å². The Morgan fingerprint density at radius 1 is 0.812 bits per heavy atom. The van der Waals surface area contributed by atoms with E-state index < -0.39 is 16.0 Å². The summed E-state index contributed by atoms with van der Waals surface area (Å²) in [4.78, 5) is 11.9. The number of halogens is 1. The number of nitrogens with one attached hydrogen (secondary N) is 1. The monoisotopic (exact) mass is 678 g/mol. The van der Waals surface area contributed by atoms with Crippen LogP contribution in [0, 0.1) is 0 Å². The van der Waals surface area contributed by atoms with E-state index in [2.05, 4.69) is 33.6 Å². The molecule has 0 atom stereocenters. The Hall–Kier alpha value is -4.89. The SMILES string of the molecule is COC(=O)c1ccc(OCCc2c(CNS(=O)(=O)Cc3ccccc3)n(C(c3ccccc3)c3ccccc3)c3ccc(Cl)cc23)cc1. The Morgan fingerprint density at radius 3 is 2.02 bits per heavy atom. The number of fused-ring (bicyclic) bond motifs is 1. The Labute approximate surface area is 285 Å². The summed E-state index contributed by atoms with van der Waals surface area (Å²) in [7, 11) is -2.36. The summed E-state index contributed by atoms with van der Waals surface area (Å²) < 4.78 is 43.0. The van der Waals surface area contributed by atoms with Crippen molar-refractivity contribution in [2.75, 3.05) is 13.7 Å². The molecule has 0 saturated heterocycles. The number of aromatic nitrogens is 1. The highest BCUT2D eigenvalue weighted by Gasteiger charge is 2.26. The van der Waals surface area contributed by atoms with Gasteiger partial charge in [0.05, 0.1) is 37.6 Å². The van der Waals surface area contributed by atoms with Crippen molar-refractivity contribution >= 4 is 38.5 Å². The highest BCUT2D eigenvalue weighted by Crippen LogP contribution is 2.37. The Morgan fingerprint density at radius 2 is 1.42 bits per heavy atom. The third kappa shape index (κ3) is 7.63. The first-order valence-electron chi connectivity index (χ1n) is 15.6. The lowest BCUT2D eigenvalue weighted by Gasteiger charge is -2.25. The molecule has 0 aliphatic heterocycles. The molecule has 0 unspecified atom stereocenters.